The summed E-state index contributed by atoms with van der Waals surface area (Å²) in [6, 6.07) is 8.83. The van der Waals surface area contributed by atoms with Crippen molar-refractivity contribution in [2.45, 2.75) is 122 Å². The van der Waals surface area contributed by atoms with Gasteiger partial charge in [-0.1, -0.05) is 95.9 Å². The summed E-state index contributed by atoms with van der Waals surface area (Å²) in [5, 5.41) is 0. The molecule has 1 aliphatic carbocycles. The van der Waals surface area contributed by atoms with Crippen LogP contribution in [-0.2, 0) is 12.5 Å². The van der Waals surface area contributed by atoms with Gasteiger partial charge in [0.25, 0.3) is 0 Å². The average molecular weight is 501 g/mol. The van der Waals surface area contributed by atoms with E-state index in [2.05, 4.69) is 6.92 Å². The molecular weight excluding hydrogens is 457 g/mol. The summed E-state index contributed by atoms with van der Waals surface area (Å²) in [6.07, 6.45) is 13.9. The molecule has 36 heavy (non-hydrogen) atoms. The molecular formula is C32H43F3O. The first-order valence-corrected chi connectivity index (χ1v) is 14.5. The van der Waals surface area contributed by atoms with Crippen molar-refractivity contribution in [3.8, 4) is 16.9 Å². The number of alkyl halides is 2. The van der Waals surface area contributed by atoms with Crippen LogP contribution < -0.4 is 4.74 Å². The Morgan fingerprint density at radius 1 is 0.806 bits per heavy atom. The molecule has 0 spiro atoms. The molecule has 1 saturated carbocycles. The van der Waals surface area contributed by atoms with E-state index in [0.29, 0.717) is 29.0 Å². The highest BCUT2D eigenvalue weighted by atomic mass is 19.3. The molecule has 1 nitrogen and oxygen atoms in total. The van der Waals surface area contributed by atoms with Gasteiger partial charge >= 0.3 is 6.11 Å². The number of hydrogen-bond donors (Lipinski definition) is 0. The van der Waals surface area contributed by atoms with E-state index in [4.69, 9.17) is 4.74 Å². The number of halogens is 3. The Morgan fingerprint density at radius 3 is 2.19 bits per heavy atom. The van der Waals surface area contributed by atoms with Crippen LogP contribution >= 0.6 is 0 Å². The lowest BCUT2D eigenvalue weighted by atomic mass is 9.76. The minimum absolute atomic E-state index is 0.126. The lowest BCUT2D eigenvalue weighted by Gasteiger charge is -2.32. The molecule has 0 radical (unpaired) electrons. The maximum atomic E-state index is 15.1. The molecule has 0 bridgehead atoms. The van der Waals surface area contributed by atoms with Crippen LogP contribution in [0.25, 0.3) is 11.1 Å². The molecule has 0 unspecified atom stereocenters. The summed E-state index contributed by atoms with van der Waals surface area (Å²) < 4.78 is 50.3. The zero-order valence-corrected chi connectivity index (χ0v) is 22.2. The summed E-state index contributed by atoms with van der Waals surface area (Å²) in [5.74, 6) is 0.136. The molecule has 2 aromatic rings. The average Bonchev–Trinajstić information content (AvgIpc) is 2.88. The van der Waals surface area contributed by atoms with Gasteiger partial charge in [0.15, 0.2) is 11.6 Å². The van der Waals surface area contributed by atoms with Crippen LogP contribution in [0.4, 0.5) is 13.2 Å². The standard InChI is InChI=1S/C32H43F3O/c1-3-5-7-8-9-10-11-12-23-14-16-24(17-15-23)26-19-20-27-28-21-18-25(13-6-4-2)30(33)31(28)36-32(34,35)29(27)22-26/h18-24H,3-17H2,1-2H3. The van der Waals surface area contributed by atoms with Crippen molar-refractivity contribution in [3.05, 3.63) is 52.8 Å². The van der Waals surface area contributed by atoms with Gasteiger partial charge in [-0.2, -0.15) is 8.78 Å². The Balaban J connectivity index is 1.39. The Bertz CT molecular complexity index is 991. The Morgan fingerprint density at radius 2 is 1.47 bits per heavy atom. The van der Waals surface area contributed by atoms with Gasteiger partial charge in [-0.15, -0.1) is 0 Å². The van der Waals surface area contributed by atoms with Crippen LogP contribution in [0.3, 0.4) is 0 Å². The van der Waals surface area contributed by atoms with Crippen molar-refractivity contribution in [3.63, 3.8) is 0 Å². The quantitative estimate of drug-likeness (QED) is 0.263. The fourth-order valence-corrected chi connectivity index (χ4v) is 6.12. The molecule has 0 aromatic heterocycles. The normalized spacial score (nSPS) is 20.5. The fraction of sp³-hybridized carbons (Fsp3) is 0.625. The zero-order valence-electron chi connectivity index (χ0n) is 22.2. The van der Waals surface area contributed by atoms with Gasteiger partial charge in [0, 0.05) is 5.56 Å². The summed E-state index contributed by atoms with van der Waals surface area (Å²) in [5.41, 5.74) is 2.10. The van der Waals surface area contributed by atoms with Crippen LogP contribution in [0.15, 0.2) is 30.3 Å². The highest BCUT2D eigenvalue weighted by molar-refractivity contribution is 5.77. The van der Waals surface area contributed by atoms with Gasteiger partial charge in [0.2, 0.25) is 0 Å². The number of fused-ring (bicyclic) bond motifs is 3. The Hall–Kier alpha value is -1.97. The van der Waals surface area contributed by atoms with Crippen molar-refractivity contribution >= 4 is 0 Å². The maximum Gasteiger partial charge on any atom is 0.427 e. The fourth-order valence-electron chi connectivity index (χ4n) is 6.12. The number of rotatable bonds is 12. The molecule has 0 saturated heterocycles. The van der Waals surface area contributed by atoms with E-state index in [1.54, 1.807) is 24.3 Å². The predicted octanol–water partition coefficient (Wildman–Crippen LogP) is 10.7. The molecule has 0 amide bonds. The second kappa shape index (κ2) is 12.5. The predicted molar refractivity (Wildman–Crippen MR) is 142 cm³/mol. The van der Waals surface area contributed by atoms with Crippen molar-refractivity contribution in [2.24, 2.45) is 5.92 Å². The van der Waals surface area contributed by atoms with E-state index < -0.39 is 11.9 Å². The van der Waals surface area contributed by atoms with Crippen LogP contribution in [0.2, 0.25) is 0 Å². The number of hydrogen-bond acceptors (Lipinski definition) is 1. The number of unbranched alkanes of at least 4 members (excludes halogenated alkanes) is 7. The minimum Gasteiger partial charge on any atom is -0.425 e. The third kappa shape index (κ3) is 6.29. The van der Waals surface area contributed by atoms with Crippen LogP contribution in [0.1, 0.15) is 126 Å². The molecule has 1 aliphatic heterocycles. The molecule has 0 N–H and O–H groups in total. The van der Waals surface area contributed by atoms with E-state index in [9.17, 15) is 0 Å². The van der Waals surface area contributed by atoms with Crippen LogP contribution in [0, 0.1) is 11.7 Å². The van der Waals surface area contributed by atoms with Gasteiger partial charge in [0.05, 0.1) is 5.56 Å². The summed E-state index contributed by atoms with van der Waals surface area (Å²) in [6.45, 7) is 4.28. The SMILES string of the molecule is CCCCCCCCCC1CCC(c2ccc3c(c2)C(F)(F)Oc2c-3ccc(CCCC)c2F)CC1. The van der Waals surface area contributed by atoms with E-state index in [1.807, 2.05) is 13.0 Å². The molecule has 0 atom stereocenters. The largest absolute Gasteiger partial charge is 0.427 e. The van der Waals surface area contributed by atoms with Gasteiger partial charge in [-0.05, 0) is 73.1 Å². The number of benzene rings is 2. The first-order valence-electron chi connectivity index (χ1n) is 14.5. The van der Waals surface area contributed by atoms with Crippen molar-refractivity contribution < 1.29 is 17.9 Å². The summed E-state index contributed by atoms with van der Waals surface area (Å²) in [7, 11) is 0. The molecule has 2 aromatic carbocycles. The highest BCUT2D eigenvalue weighted by Crippen LogP contribution is 2.50. The maximum absolute atomic E-state index is 15.1. The highest BCUT2D eigenvalue weighted by Gasteiger charge is 2.44. The molecule has 2 aliphatic rings. The summed E-state index contributed by atoms with van der Waals surface area (Å²) in [4.78, 5) is 0. The monoisotopic (exact) mass is 500 g/mol. The van der Waals surface area contributed by atoms with E-state index in [-0.39, 0.29) is 11.3 Å². The third-order valence-electron chi connectivity index (χ3n) is 8.39. The smallest absolute Gasteiger partial charge is 0.425 e. The number of aryl methyl sites for hydroxylation is 1. The van der Waals surface area contributed by atoms with Crippen molar-refractivity contribution in [1.29, 1.82) is 0 Å². The molecule has 1 fully saturated rings. The zero-order chi connectivity index (χ0) is 25.5. The minimum atomic E-state index is -3.53. The molecule has 198 valence electrons. The van der Waals surface area contributed by atoms with E-state index >= 15 is 13.2 Å². The van der Waals surface area contributed by atoms with Crippen LogP contribution in [-0.4, -0.2) is 0 Å². The van der Waals surface area contributed by atoms with Gasteiger partial charge < -0.3 is 4.74 Å². The second-order valence-electron chi connectivity index (χ2n) is 11.1. The first-order chi connectivity index (χ1) is 17.4. The van der Waals surface area contributed by atoms with Gasteiger partial charge in [0.1, 0.15) is 0 Å². The lowest BCUT2D eigenvalue weighted by Crippen LogP contribution is -2.28. The number of ether oxygens (including phenoxy) is 1. The van der Waals surface area contributed by atoms with Crippen molar-refractivity contribution in [1.82, 2.24) is 0 Å². The van der Waals surface area contributed by atoms with E-state index in [1.165, 1.54) is 64.2 Å². The lowest BCUT2D eigenvalue weighted by molar-refractivity contribution is -0.188. The van der Waals surface area contributed by atoms with E-state index in [0.717, 1.165) is 37.2 Å². The first kappa shape index (κ1) is 27.1. The Labute approximate surface area is 215 Å². The van der Waals surface area contributed by atoms with Crippen molar-refractivity contribution in [2.75, 3.05) is 0 Å². The van der Waals surface area contributed by atoms with Crippen LogP contribution in [0.5, 0.6) is 5.75 Å². The molecule has 1 heterocycles. The molecule has 4 rings (SSSR count). The summed E-state index contributed by atoms with van der Waals surface area (Å²) >= 11 is 0. The van der Waals surface area contributed by atoms with Gasteiger partial charge in [-0.25, -0.2) is 4.39 Å². The molecule has 4 heteroatoms. The third-order valence-corrected chi connectivity index (χ3v) is 8.39. The topological polar surface area (TPSA) is 9.23 Å². The second-order valence-corrected chi connectivity index (χ2v) is 11.1. The Kier molecular flexibility index (Phi) is 9.41. The van der Waals surface area contributed by atoms with Gasteiger partial charge in [-0.3, -0.25) is 0 Å².